The fourth-order valence-electron chi connectivity index (χ4n) is 11.3. The van der Waals surface area contributed by atoms with Gasteiger partial charge in [-0.05, 0) is 127 Å². The van der Waals surface area contributed by atoms with Crippen LogP contribution < -0.4 is 4.90 Å². The molecule has 0 N–H and O–H groups in total. The van der Waals surface area contributed by atoms with E-state index in [0.717, 1.165) is 28.3 Å². The highest BCUT2D eigenvalue weighted by molar-refractivity contribution is 6.10. The monoisotopic (exact) mass is 878 g/mol. The molecule has 1 aliphatic rings. The van der Waals surface area contributed by atoms with Gasteiger partial charge < -0.3 is 9.47 Å². The molecule has 0 unspecified atom stereocenters. The highest BCUT2D eigenvalue weighted by Gasteiger charge is 2.46. The lowest BCUT2D eigenvalue weighted by atomic mass is 9.67. The van der Waals surface area contributed by atoms with Crippen molar-refractivity contribution in [1.29, 1.82) is 0 Å². The van der Waals surface area contributed by atoms with Crippen molar-refractivity contribution in [1.82, 2.24) is 4.57 Å². The normalized spacial score (nSPS) is 12.5. The lowest BCUT2D eigenvalue weighted by Gasteiger charge is -2.34. The van der Waals surface area contributed by atoms with Crippen LogP contribution in [0.15, 0.2) is 279 Å². The second-order valence-corrected chi connectivity index (χ2v) is 18.0. The number of fused-ring (bicyclic) bond motifs is 6. The Morgan fingerprint density at radius 2 is 0.768 bits per heavy atom. The molecule has 2 nitrogen and oxygen atoms in total. The van der Waals surface area contributed by atoms with E-state index in [1.807, 2.05) is 0 Å². The average molecular weight is 879 g/mol. The third-order valence-corrected chi connectivity index (χ3v) is 14.3. The average Bonchev–Trinajstić information content (AvgIpc) is 3.92. The van der Waals surface area contributed by atoms with Crippen LogP contribution in [0, 0.1) is 0 Å². The minimum Gasteiger partial charge on any atom is -0.310 e. The predicted molar refractivity (Wildman–Crippen MR) is 289 cm³/mol. The first-order chi connectivity index (χ1) is 34.2. The van der Waals surface area contributed by atoms with Crippen molar-refractivity contribution in [3.8, 4) is 50.2 Å². The Hall–Kier alpha value is -8.98. The lowest BCUT2D eigenvalue weighted by Crippen LogP contribution is -2.28. The van der Waals surface area contributed by atoms with E-state index in [1.165, 1.54) is 83.0 Å². The number of para-hydroxylation sites is 2. The summed E-state index contributed by atoms with van der Waals surface area (Å²) in [5.74, 6) is 0. The minimum absolute atomic E-state index is 0.497. The lowest BCUT2D eigenvalue weighted by molar-refractivity contribution is 0.767. The molecule has 0 fully saturated rings. The zero-order valence-corrected chi connectivity index (χ0v) is 38.0. The summed E-state index contributed by atoms with van der Waals surface area (Å²) < 4.78 is 2.49. The van der Waals surface area contributed by atoms with Crippen molar-refractivity contribution in [2.75, 3.05) is 4.90 Å². The van der Waals surface area contributed by atoms with Gasteiger partial charge in [-0.2, -0.15) is 0 Å². The smallest absolute Gasteiger partial charge is 0.0714 e. The summed E-state index contributed by atoms with van der Waals surface area (Å²) in [6.07, 6.45) is 0. The Kier molecular flexibility index (Phi) is 9.77. The fourth-order valence-corrected chi connectivity index (χ4v) is 11.3. The minimum atomic E-state index is -0.497. The number of aromatic nitrogens is 1. The molecule has 324 valence electrons. The summed E-state index contributed by atoms with van der Waals surface area (Å²) in [6, 6.07) is 102. The highest BCUT2D eigenvalue weighted by Crippen LogP contribution is 2.56. The van der Waals surface area contributed by atoms with Crippen LogP contribution in [0.4, 0.5) is 17.1 Å². The van der Waals surface area contributed by atoms with Gasteiger partial charge in [-0.1, -0.05) is 218 Å². The number of rotatable bonds is 9. The zero-order chi connectivity index (χ0) is 45.7. The summed E-state index contributed by atoms with van der Waals surface area (Å²) in [5, 5.41) is 2.46. The molecular weight excluding hydrogens is 833 g/mol. The molecule has 12 aromatic rings. The summed E-state index contributed by atoms with van der Waals surface area (Å²) in [7, 11) is 0. The Morgan fingerprint density at radius 1 is 0.275 bits per heavy atom. The van der Waals surface area contributed by atoms with E-state index in [1.54, 1.807) is 0 Å². The van der Waals surface area contributed by atoms with Gasteiger partial charge in [0.15, 0.2) is 0 Å². The second-order valence-electron chi connectivity index (χ2n) is 18.0. The van der Waals surface area contributed by atoms with E-state index in [-0.39, 0.29) is 0 Å². The van der Waals surface area contributed by atoms with Gasteiger partial charge in [-0.15, -0.1) is 0 Å². The van der Waals surface area contributed by atoms with E-state index in [4.69, 9.17) is 0 Å². The molecule has 1 aromatic heterocycles. The first-order valence-corrected chi connectivity index (χ1v) is 23.8. The summed E-state index contributed by atoms with van der Waals surface area (Å²) in [4.78, 5) is 2.36. The van der Waals surface area contributed by atoms with Crippen LogP contribution in [0.5, 0.6) is 0 Å². The molecule has 0 amide bonds. The molecule has 0 aliphatic heterocycles. The maximum atomic E-state index is 2.49. The molecule has 13 rings (SSSR count). The molecular formula is C67H46N2. The highest BCUT2D eigenvalue weighted by atomic mass is 15.1. The van der Waals surface area contributed by atoms with Crippen molar-refractivity contribution in [3.05, 3.63) is 301 Å². The number of anilines is 3. The maximum absolute atomic E-state index is 2.49. The van der Waals surface area contributed by atoms with Gasteiger partial charge in [-0.3, -0.25) is 0 Å². The Morgan fingerprint density at radius 3 is 1.46 bits per heavy atom. The maximum Gasteiger partial charge on any atom is 0.0714 e. The quantitative estimate of drug-likeness (QED) is 0.140. The van der Waals surface area contributed by atoms with E-state index in [9.17, 15) is 0 Å². The summed E-state index contributed by atoms with van der Waals surface area (Å²) >= 11 is 0. The van der Waals surface area contributed by atoms with Gasteiger partial charge in [0.25, 0.3) is 0 Å². The number of hydrogen-bond donors (Lipinski definition) is 0. The van der Waals surface area contributed by atoms with Crippen LogP contribution in [0.25, 0.3) is 72.0 Å². The van der Waals surface area contributed by atoms with Crippen LogP contribution in [0.1, 0.15) is 22.3 Å². The Bertz CT molecular complexity index is 3790. The second kappa shape index (κ2) is 16.7. The van der Waals surface area contributed by atoms with Crippen molar-refractivity contribution in [2.24, 2.45) is 0 Å². The molecule has 0 radical (unpaired) electrons. The standard InChI is InChI=1S/C67H46N2/c1-5-21-47(22-6-1)48-23-19-31-54(43-48)68(53-29-11-4-12-30-53)55-32-20-24-49(44-55)57-33-13-14-34-58(57)50-39-41-62-61-36-16-18-38-65(61)69(66(62)45-50)56-40-42-60-59-35-15-17-37-63(59)67(64(60)46-56,51-25-7-2-8-26-51)52-27-9-3-10-28-52/h1-46H. The summed E-state index contributed by atoms with van der Waals surface area (Å²) in [6.45, 7) is 0. The Labute approximate surface area is 403 Å². The van der Waals surface area contributed by atoms with Crippen LogP contribution in [0.2, 0.25) is 0 Å². The summed E-state index contributed by atoms with van der Waals surface area (Å²) in [5.41, 5.74) is 21.0. The van der Waals surface area contributed by atoms with Gasteiger partial charge >= 0.3 is 0 Å². The van der Waals surface area contributed by atoms with E-state index in [2.05, 4.69) is 289 Å². The molecule has 2 heteroatoms. The predicted octanol–water partition coefficient (Wildman–Crippen LogP) is 17.6. The third kappa shape index (κ3) is 6.64. The molecule has 11 aromatic carbocycles. The van der Waals surface area contributed by atoms with Crippen LogP contribution in [-0.4, -0.2) is 4.57 Å². The number of nitrogens with zero attached hydrogens (tertiary/aromatic N) is 2. The van der Waals surface area contributed by atoms with Gasteiger partial charge in [0.05, 0.1) is 16.4 Å². The van der Waals surface area contributed by atoms with Gasteiger partial charge in [0, 0.05) is 33.5 Å². The molecule has 0 saturated carbocycles. The van der Waals surface area contributed by atoms with Crippen molar-refractivity contribution in [3.63, 3.8) is 0 Å². The van der Waals surface area contributed by atoms with E-state index in [0.29, 0.717) is 0 Å². The zero-order valence-electron chi connectivity index (χ0n) is 38.0. The van der Waals surface area contributed by atoms with E-state index < -0.39 is 5.41 Å². The number of benzene rings is 11. The van der Waals surface area contributed by atoms with Crippen molar-refractivity contribution < 1.29 is 0 Å². The topological polar surface area (TPSA) is 8.17 Å². The first-order valence-electron chi connectivity index (χ1n) is 23.8. The molecule has 69 heavy (non-hydrogen) atoms. The van der Waals surface area contributed by atoms with Crippen LogP contribution in [-0.2, 0) is 5.41 Å². The Balaban J connectivity index is 0.967. The molecule has 0 bridgehead atoms. The SMILES string of the molecule is c1ccc(-c2cccc(N(c3ccccc3)c3cccc(-c4ccccc4-c4ccc5c6ccccc6n(-c6ccc7c(c6)C(c6ccccc6)(c6ccccc6)c6ccccc6-7)c5c4)c3)c2)cc1. The molecule has 0 atom stereocenters. The first kappa shape index (κ1) is 40.3. The van der Waals surface area contributed by atoms with Gasteiger partial charge in [-0.25, -0.2) is 0 Å². The molecule has 0 spiro atoms. The third-order valence-electron chi connectivity index (χ3n) is 14.3. The largest absolute Gasteiger partial charge is 0.310 e. The van der Waals surface area contributed by atoms with Crippen molar-refractivity contribution >= 4 is 38.9 Å². The fraction of sp³-hybridized carbons (Fsp3) is 0.0149. The molecule has 0 saturated heterocycles. The van der Waals surface area contributed by atoms with E-state index >= 15 is 0 Å². The van der Waals surface area contributed by atoms with Crippen LogP contribution in [0.3, 0.4) is 0 Å². The van der Waals surface area contributed by atoms with Gasteiger partial charge in [0.1, 0.15) is 0 Å². The number of hydrogen-bond acceptors (Lipinski definition) is 1. The van der Waals surface area contributed by atoms with Crippen molar-refractivity contribution in [2.45, 2.75) is 5.41 Å². The molecule has 1 aliphatic carbocycles. The van der Waals surface area contributed by atoms with Gasteiger partial charge in [0.2, 0.25) is 0 Å². The van der Waals surface area contributed by atoms with Crippen LogP contribution >= 0.6 is 0 Å². The molecule has 1 heterocycles.